The number of aryl methyl sites for hydroxylation is 1. The SMILES string of the molecule is CCC[C@@H](NC(N)=O)C(=O)N1C[C@H](c2ccccc2C)C[C@H]1C. The highest BCUT2D eigenvalue weighted by Crippen LogP contribution is 2.33. The molecule has 3 amide bonds. The maximum atomic E-state index is 12.8. The molecule has 1 aliphatic heterocycles. The predicted octanol–water partition coefficient (Wildman–Crippen LogP) is 2.54. The number of amides is 3. The minimum Gasteiger partial charge on any atom is -0.352 e. The normalized spacial score (nSPS) is 22.0. The molecule has 23 heavy (non-hydrogen) atoms. The summed E-state index contributed by atoms with van der Waals surface area (Å²) in [5, 5.41) is 2.59. The monoisotopic (exact) mass is 317 g/mol. The van der Waals surface area contributed by atoms with E-state index in [0.29, 0.717) is 18.9 Å². The lowest BCUT2D eigenvalue weighted by molar-refractivity contribution is -0.133. The van der Waals surface area contributed by atoms with Gasteiger partial charge in [-0.25, -0.2) is 4.79 Å². The molecule has 0 spiro atoms. The van der Waals surface area contributed by atoms with Crippen LogP contribution in [0.3, 0.4) is 0 Å². The summed E-state index contributed by atoms with van der Waals surface area (Å²) in [6.07, 6.45) is 2.38. The lowest BCUT2D eigenvalue weighted by Crippen LogP contribution is -2.51. The topological polar surface area (TPSA) is 75.4 Å². The number of urea groups is 1. The standard InChI is InChI=1S/C18H27N3O2/c1-4-7-16(20-18(19)23)17(22)21-11-14(10-13(21)3)15-9-6-5-8-12(15)2/h5-6,8-9,13-14,16H,4,7,10-11H2,1-3H3,(H3,19,20,23)/t13-,14-,16-/m1/s1. The Morgan fingerprint density at radius 1 is 1.39 bits per heavy atom. The van der Waals surface area contributed by atoms with Crippen LogP contribution in [0.15, 0.2) is 24.3 Å². The van der Waals surface area contributed by atoms with Crippen molar-refractivity contribution in [2.75, 3.05) is 6.54 Å². The lowest BCUT2D eigenvalue weighted by atomic mass is 9.93. The summed E-state index contributed by atoms with van der Waals surface area (Å²) in [5.41, 5.74) is 7.79. The average Bonchev–Trinajstić information content (AvgIpc) is 2.88. The van der Waals surface area contributed by atoms with E-state index in [4.69, 9.17) is 5.73 Å². The van der Waals surface area contributed by atoms with Gasteiger partial charge in [-0.1, -0.05) is 37.6 Å². The summed E-state index contributed by atoms with van der Waals surface area (Å²) >= 11 is 0. The number of primary amides is 1. The maximum Gasteiger partial charge on any atom is 0.312 e. The van der Waals surface area contributed by atoms with E-state index in [-0.39, 0.29) is 11.9 Å². The van der Waals surface area contributed by atoms with Crippen LogP contribution < -0.4 is 11.1 Å². The van der Waals surface area contributed by atoms with Gasteiger partial charge in [-0.3, -0.25) is 4.79 Å². The van der Waals surface area contributed by atoms with Crippen molar-refractivity contribution in [3.05, 3.63) is 35.4 Å². The van der Waals surface area contributed by atoms with Gasteiger partial charge in [0.15, 0.2) is 0 Å². The number of nitrogens with zero attached hydrogens (tertiary/aromatic N) is 1. The molecule has 0 unspecified atom stereocenters. The van der Waals surface area contributed by atoms with E-state index in [1.54, 1.807) is 0 Å². The van der Waals surface area contributed by atoms with Crippen molar-refractivity contribution >= 4 is 11.9 Å². The van der Waals surface area contributed by atoms with Gasteiger partial charge in [0, 0.05) is 18.5 Å². The molecule has 5 nitrogen and oxygen atoms in total. The van der Waals surface area contributed by atoms with Gasteiger partial charge in [0.2, 0.25) is 5.91 Å². The van der Waals surface area contributed by atoms with Gasteiger partial charge >= 0.3 is 6.03 Å². The second kappa shape index (κ2) is 7.49. The number of carbonyl (C=O) groups is 2. The summed E-state index contributed by atoms with van der Waals surface area (Å²) in [7, 11) is 0. The molecule has 0 aliphatic carbocycles. The zero-order chi connectivity index (χ0) is 17.0. The van der Waals surface area contributed by atoms with Gasteiger partial charge in [-0.2, -0.15) is 0 Å². The Morgan fingerprint density at radius 3 is 2.70 bits per heavy atom. The minimum atomic E-state index is -0.640. The molecule has 126 valence electrons. The molecule has 0 saturated carbocycles. The molecule has 2 rings (SSSR count). The molecule has 1 fully saturated rings. The van der Waals surface area contributed by atoms with Crippen LogP contribution in [0.5, 0.6) is 0 Å². The third kappa shape index (κ3) is 4.03. The number of hydrogen-bond acceptors (Lipinski definition) is 2. The van der Waals surface area contributed by atoms with E-state index in [9.17, 15) is 9.59 Å². The zero-order valence-corrected chi connectivity index (χ0v) is 14.2. The van der Waals surface area contributed by atoms with Crippen LogP contribution in [0.25, 0.3) is 0 Å². The van der Waals surface area contributed by atoms with E-state index in [1.807, 2.05) is 24.0 Å². The second-order valence-electron chi connectivity index (χ2n) is 6.48. The number of benzene rings is 1. The first-order chi connectivity index (χ1) is 10.9. The highest BCUT2D eigenvalue weighted by molar-refractivity contribution is 5.87. The minimum absolute atomic E-state index is 0.0192. The van der Waals surface area contributed by atoms with Crippen molar-refractivity contribution in [3.63, 3.8) is 0 Å². The number of nitrogens with one attached hydrogen (secondary N) is 1. The third-order valence-corrected chi connectivity index (χ3v) is 4.68. The van der Waals surface area contributed by atoms with Gasteiger partial charge in [0.25, 0.3) is 0 Å². The first-order valence-electron chi connectivity index (χ1n) is 8.36. The molecule has 1 aromatic carbocycles. The van der Waals surface area contributed by atoms with Gasteiger partial charge < -0.3 is 16.0 Å². The van der Waals surface area contributed by atoms with Crippen LogP contribution in [0, 0.1) is 6.92 Å². The smallest absolute Gasteiger partial charge is 0.312 e. The predicted molar refractivity (Wildman–Crippen MR) is 91.1 cm³/mol. The molecule has 0 radical (unpaired) electrons. The molecule has 3 N–H and O–H groups in total. The molecule has 0 aromatic heterocycles. The summed E-state index contributed by atoms with van der Waals surface area (Å²) in [6.45, 7) is 6.88. The molecule has 1 saturated heterocycles. The lowest BCUT2D eigenvalue weighted by Gasteiger charge is -2.27. The summed E-state index contributed by atoms with van der Waals surface area (Å²) < 4.78 is 0. The van der Waals surface area contributed by atoms with Crippen LogP contribution >= 0.6 is 0 Å². The van der Waals surface area contributed by atoms with Crippen molar-refractivity contribution in [1.29, 1.82) is 0 Å². The van der Waals surface area contributed by atoms with Crippen molar-refractivity contribution in [2.45, 2.75) is 58.0 Å². The van der Waals surface area contributed by atoms with E-state index >= 15 is 0 Å². The van der Waals surface area contributed by atoms with Gasteiger partial charge in [-0.05, 0) is 37.8 Å². The zero-order valence-electron chi connectivity index (χ0n) is 14.2. The molecule has 1 aliphatic rings. The Kier molecular flexibility index (Phi) is 5.64. The Hall–Kier alpha value is -2.04. The molecule has 5 heteroatoms. The fraction of sp³-hybridized carbons (Fsp3) is 0.556. The van der Waals surface area contributed by atoms with Crippen LogP contribution in [0.4, 0.5) is 4.79 Å². The number of rotatable bonds is 5. The summed E-state index contributed by atoms with van der Waals surface area (Å²) in [5.74, 6) is 0.334. The highest BCUT2D eigenvalue weighted by Gasteiger charge is 2.36. The number of nitrogens with two attached hydrogens (primary N) is 1. The van der Waals surface area contributed by atoms with Crippen molar-refractivity contribution in [3.8, 4) is 0 Å². The third-order valence-electron chi connectivity index (χ3n) is 4.68. The van der Waals surface area contributed by atoms with Crippen LogP contribution in [0.2, 0.25) is 0 Å². The average molecular weight is 317 g/mol. The second-order valence-corrected chi connectivity index (χ2v) is 6.48. The number of likely N-dealkylation sites (tertiary alicyclic amines) is 1. The maximum absolute atomic E-state index is 12.8. The van der Waals surface area contributed by atoms with Crippen LogP contribution in [-0.2, 0) is 4.79 Å². The molecule has 0 bridgehead atoms. The van der Waals surface area contributed by atoms with E-state index < -0.39 is 12.1 Å². The van der Waals surface area contributed by atoms with Crippen molar-refractivity contribution in [2.24, 2.45) is 5.73 Å². The molecule has 1 heterocycles. The van der Waals surface area contributed by atoms with Crippen molar-refractivity contribution < 1.29 is 9.59 Å². The van der Waals surface area contributed by atoms with Gasteiger partial charge in [-0.15, -0.1) is 0 Å². The van der Waals surface area contributed by atoms with Gasteiger partial charge in [0.05, 0.1) is 0 Å². The van der Waals surface area contributed by atoms with Crippen molar-refractivity contribution in [1.82, 2.24) is 10.2 Å². The van der Waals surface area contributed by atoms with E-state index in [0.717, 1.165) is 12.8 Å². The largest absolute Gasteiger partial charge is 0.352 e. The fourth-order valence-electron chi connectivity index (χ4n) is 3.53. The van der Waals surface area contributed by atoms with E-state index in [1.165, 1.54) is 11.1 Å². The molecular weight excluding hydrogens is 290 g/mol. The Balaban J connectivity index is 2.12. The highest BCUT2D eigenvalue weighted by atomic mass is 16.2. The quantitative estimate of drug-likeness (QED) is 0.875. The molecule has 3 atom stereocenters. The first-order valence-corrected chi connectivity index (χ1v) is 8.36. The first kappa shape index (κ1) is 17.3. The number of carbonyl (C=O) groups excluding carboxylic acids is 2. The molecule has 1 aromatic rings. The van der Waals surface area contributed by atoms with E-state index in [2.05, 4.69) is 31.3 Å². The summed E-state index contributed by atoms with van der Waals surface area (Å²) in [6, 6.07) is 7.35. The Bertz CT molecular complexity index is 573. The number of hydrogen-bond donors (Lipinski definition) is 2. The van der Waals surface area contributed by atoms with Crippen LogP contribution in [0.1, 0.15) is 50.2 Å². The molecular formula is C18H27N3O2. The Labute approximate surface area is 138 Å². The van der Waals surface area contributed by atoms with Crippen LogP contribution in [-0.4, -0.2) is 35.5 Å². The van der Waals surface area contributed by atoms with Gasteiger partial charge in [0.1, 0.15) is 6.04 Å². The Morgan fingerprint density at radius 2 is 2.09 bits per heavy atom. The fourth-order valence-corrected chi connectivity index (χ4v) is 3.53. The summed E-state index contributed by atoms with van der Waals surface area (Å²) in [4.78, 5) is 25.9.